The summed E-state index contributed by atoms with van der Waals surface area (Å²) < 4.78 is 32.4. The fourth-order valence-corrected chi connectivity index (χ4v) is 5.64. The number of hydrogen-bond donors (Lipinski definition) is 1. The molecule has 1 atom stereocenters. The normalized spacial score (nSPS) is 15.1. The molecule has 0 aliphatic heterocycles. The smallest absolute Gasteiger partial charge is 0.244 e. The quantitative estimate of drug-likeness (QED) is 0.457. The molecule has 1 N–H and O–H groups in total. The van der Waals surface area contributed by atoms with Gasteiger partial charge in [0, 0.05) is 17.1 Å². The molecule has 36 heavy (non-hydrogen) atoms. The number of sulfonamides is 1. The number of halogens is 1. The number of anilines is 1. The zero-order chi connectivity index (χ0) is 26.3. The van der Waals surface area contributed by atoms with Crippen molar-refractivity contribution in [2.45, 2.75) is 57.7 Å². The lowest BCUT2D eigenvalue weighted by molar-refractivity contribution is -0.139. The molecule has 2 aromatic rings. The molecule has 2 aromatic carbocycles. The van der Waals surface area contributed by atoms with E-state index in [9.17, 15) is 18.0 Å². The molecule has 0 heterocycles. The highest BCUT2D eigenvalue weighted by atomic mass is 79.9. The van der Waals surface area contributed by atoms with Gasteiger partial charge in [0.2, 0.25) is 21.8 Å². The molecule has 0 aromatic heterocycles. The Labute approximate surface area is 222 Å². The van der Waals surface area contributed by atoms with Gasteiger partial charge in [0.25, 0.3) is 0 Å². The van der Waals surface area contributed by atoms with E-state index in [1.165, 1.54) is 18.4 Å². The van der Waals surface area contributed by atoms with Crippen molar-refractivity contribution >= 4 is 43.5 Å². The average molecular weight is 581 g/mol. The van der Waals surface area contributed by atoms with E-state index >= 15 is 0 Å². The number of amides is 2. The molecule has 1 aliphatic carbocycles. The number of hydrogen-bond acceptors (Lipinski definition) is 5. The zero-order valence-electron chi connectivity index (χ0n) is 20.9. The summed E-state index contributed by atoms with van der Waals surface area (Å²) >= 11 is 3.45. The van der Waals surface area contributed by atoms with Gasteiger partial charge in [0.05, 0.1) is 19.1 Å². The Kier molecular flexibility index (Phi) is 9.78. The van der Waals surface area contributed by atoms with Crippen LogP contribution in [0.25, 0.3) is 0 Å². The van der Waals surface area contributed by atoms with Crippen LogP contribution < -0.4 is 14.4 Å². The maximum Gasteiger partial charge on any atom is 0.244 e. The van der Waals surface area contributed by atoms with Gasteiger partial charge in [-0.05, 0) is 61.7 Å². The maximum absolute atomic E-state index is 13.6. The first kappa shape index (κ1) is 28.0. The van der Waals surface area contributed by atoms with Crippen molar-refractivity contribution in [3.05, 3.63) is 58.6 Å². The van der Waals surface area contributed by atoms with E-state index in [2.05, 4.69) is 21.2 Å². The van der Waals surface area contributed by atoms with E-state index in [-0.39, 0.29) is 18.5 Å². The van der Waals surface area contributed by atoms with Gasteiger partial charge in [-0.15, -0.1) is 0 Å². The predicted octanol–water partition coefficient (Wildman–Crippen LogP) is 4.09. The molecule has 3 rings (SSSR count). The summed E-state index contributed by atoms with van der Waals surface area (Å²) in [7, 11) is -2.26. The van der Waals surface area contributed by atoms with Crippen LogP contribution in [0.3, 0.4) is 0 Å². The number of carbonyl (C=O) groups excluding carboxylic acids is 2. The third-order valence-electron chi connectivity index (χ3n) is 6.40. The van der Waals surface area contributed by atoms with Crippen LogP contribution in [0.1, 0.15) is 44.6 Å². The monoisotopic (exact) mass is 579 g/mol. The highest BCUT2D eigenvalue weighted by Gasteiger charge is 2.31. The largest absolute Gasteiger partial charge is 0.497 e. The lowest BCUT2D eigenvalue weighted by atomic mass is 9.95. The van der Waals surface area contributed by atoms with E-state index in [4.69, 9.17) is 4.74 Å². The van der Waals surface area contributed by atoms with Crippen molar-refractivity contribution < 1.29 is 22.7 Å². The average Bonchev–Trinajstić information content (AvgIpc) is 2.85. The van der Waals surface area contributed by atoms with Crippen molar-refractivity contribution in [2.75, 3.05) is 24.2 Å². The van der Waals surface area contributed by atoms with Gasteiger partial charge >= 0.3 is 0 Å². The summed E-state index contributed by atoms with van der Waals surface area (Å²) in [6.45, 7) is 1.42. The van der Waals surface area contributed by atoms with Gasteiger partial charge in [-0.1, -0.05) is 47.3 Å². The van der Waals surface area contributed by atoms with Crippen LogP contribution in [0, 0.1) is 0 Å². The van der Waals surface area contributed by atoms with Gasteiger partial charge < -0.3 is 15.0 Å². The Bertz CT molecular complexity index is 1150. The van der Waals surface area contributed by atoms with Gasteiger partial charge in [-0.25, -0.2) is 8.42 Å². The second-order valence-corrected chi connectivity index (χ2v) is 12.0. The van der Waals surface area contributed by atoms with Crippen LogP contribution >= 0.6 is 15.9 Å². The first-order valence-electron chi connectivity index (χ1n) is 12.0. The molecule has 196 valence electrons. The molecule has 0 spiro atoms. The molecule has 8 nitrogen and oxygen atoms in total. The Morgan fingerprint density at radius 1 is 1.11 bits per heavy atom. The Balaban J connectivity index is 1.86. The summed E-state index contributed by atoms with van der Waals surface area (Å²) in [4.78, 5) is 28.3. The first-order chi connectivity index (χ1) is 17.1. The molecule has 0 saturated heterocycles. The van der Waals surface area contributed by atoms with E-state index in [1.807, 2.05) is 24.3 Å². The van der Waals surface area contributed by atoms with Crippen LogP contribution in [-0.4, -0.2) is 57.1 Å². The van der Waals surface area contributed by atoms with E-state index in [0.29, 0.717) is 11.4 Å². The van der Waals surface area contributed by atoms with Gasteiger partial charge in [-0.2, -0.15) is 0 Å². The van der Waals surface area contributed by atoms with Crippen LogP contribution in [0.15, 0.2) is 53.0 Å². The first-order valence-corrected chi connectivity index (χ1v) is 14.7. The summed E-state index contributed by atoms with van der Waals surface area (Å²) in [5.41, 5.74) is 1.17. The third kappa shape index (κ3) is 7.70. The molecular formula is C26H34BrN3O5S. The maximum atomic E-state index is 13.6. The molecule has 10 heteroatoms. The number of nitrogens with zero attached hydrogens (tertiary/aromatic N) is 2. The van der Waals surface area contributed by atoms with E-state index < -0.39 is 28.5 Å². The number of carbonyl (C=O) groups is 2. The second kappa shape index (κ2) is 12.6. The number of rotatable bonds is 10. The van der Waals surface area contributed by atoms with Crippen LogP contribution in [0.5, 0.6) is 5.75 Å². The Morgan fingerprint density at radius 2 is 1.78 bits per heavy atom. The van der Waals surface area contributed by atoms with Crippen LogP contribution in [0.4, 0.5) is 5.69 Å². The van der Waals surface area contributed by atoms with Crippen molar-refractivity contribution in [3.8, 4) is 5.75 Å². The fraction of sp³-hybridized carbons (Fsp3) is 0.462. The van der Waals surface area contributed by atoms with E-state index in [0.717, 1.165) is 46.3 Å². The Morgan fingerprint density at radius 3 is 2.36 bits per heavy atom. The van der Waals surface area contributed by atoms with Crippen molar-refractivity contribution in [1.82, 2.24) is 10.2 Å². The third-order valence-corrected chi connectivity index (χ3v) is 8.03. The van der Waals surface area contributed by atoms with Crippen LogP contribution in [-0.2, 0) is 26.2 Å². The van der Waals surface area contributed by atoms with Crippen LogP contribution in [0.2, 0.25) is 0 Å². The molecule has 0 bridgehead atoms. The lowest BCUT2D eigenvalue weighted by Crippen LogP contribution is -2.52. The molecule has 1 fully saturated rings. The minimum Gasteiger partial charge on any atom is -0.497 e. The molecule has 1 unspecified atom stereocenters. The van der Waals surface area contributed by atoms with E-state index in [1.54, 1.807) is 31.2 Å². The van der Waals surface area contributed by atoms with Crippen molar-refractivity contribution in [2.24, 2.45) is 0 Å². The Hall–Kier alpha value is -2.59. The summed E-state index contributed by atoms with van der Waals surface area (Å²) in [5, 5.41) is 3.09. The number of nitrogens with one attached hydrogen (secondary N) is 1. The van der Waals surface area contributed by atoms with Gasteiger partial charge in [0.15, 0.2) is 0 Å². The number of ether oxygens (including phenoxy) is 1. The lowest BCUT2D eigenvalue weighted by Gasteiger charge is -2.33. The molecule has 2 amide bonds. The van der Waals surface area contributed by atoms with Crippen molar-refractivity contribution in [3.63, 3.8) is 0 Å². The van der Waals surface area contributed by atoms with Gasteiger partial charge in [0.1, 0.15) is 18.3 Å². The number of benzene rings is 2. The zero-order valence-corrected chi connectivity index (χ0v) is 23.3. The standard InChI is InChI=1S/C26H34BrN3O5S/c1-19(26(32)28-22-10-5-4-6-11-22)29(17-20-8-7-9-21(27)16-20)25(31)18-30(36(3,33)34)23-12-14-24(35-2)15-13-23/h7-9,12-16,19,22H,4-6,10-11,17-18H2,1-3H3,(H,28,32). The topological polar surface area (TPSA) is 96.0 Å². The molecular weight excluding hydrogens is 546 g/mol. The molecule has 1 saturated carbocycles. The number of methoxy groups -OCH3 is 1. The minimum atomic E-state index is -3.78. The summed E-state index contributed by atoms with van der Waals surface area (Å²) in [6.07, 6.45) is 6.23. The SMILES string of the molecule is COc1ccc(N(CC(=O)N(Cc2cccc(Br)c2)C(C)C(=O)NC2CCCCC2)S(C)(=O)=O)cc1. The van der Waals surface area contributed by atoms with Crippen molar-refractivity contribution in [1.29, 1.82) is 0 Å². The molecule has 0 radical (unpaired) electrons. The summed E-state index contributed by atoms with van der Waals surface area (Å²) in [5.74, 6) is -0.133. The predicted molar refractivity (Wildman–Crippen MR) is 144 cm³/mol. The summed E-state index contributed by atoms with van der Waals surface area (Å²) in [6, 6.07) is 13.3. The molecule has 1 aliphatic rings. The second-order valence-electron chi connectivity index (χ2n) is 9.14. The van der Waals surface area contributed by atoms with Gasteiger partial charge in [-0.3, -0.25) is 13.9 Å². The highest BCUT2D eigenvalue weighted by molar-refractivity contribution is 9.10. The highest BCUT2D eigenvalue weighted by Crippen LogP contribution is 2.23. The minimum absolute atomic E-state index is 0.100. The fourth-order valence-electron chi connectivity index (χ4n) is 4.35.